The summed E-state index contributed by atoms with van der Waals surface area (Å²) in [5.41, 5.74) is 4.72. The molecule has 34 heavy (non-hydrogen) atoms. The van der Waals surface area contributed by atoms with Crippen LogP contribution in [0.25, 0.3) is 0 Å². The Kier molecular flexibility index (Phi) is 8.53. The zero-order valence-electron chi connectivity index (χ0n) is 19.0. The molecule has 0 aromatic carbocycles. The van der Waals surface area contributed by atoms with Crippen molar-refractivity contribution in [2.75, 3.05) is 22.4 Å². The summed E-state index contributed by atoms with van der Waals surface area (Å²) < 4.78 is 5.22. The lowest BCUT2D eigenvalue weighted by Gasteiger charge is -2.09. The average molecular weight is 511 g/mol. The molecule has 2 aliphatic rings. The molecule has 0 radical (unpaired) electrons. The van der Waals surface area contributed by atoms with E-state index in [-0.39, 0.29) is 23.2 Å². The van der Waals surface area contributed by atoms with Gasteiger partial charge >= 0.3 is 11.4 Å². The van der Waals surface area contributed by atoms with Gasteiger partial charge in [-0.25, -0.2) is 19.0 Å². The van der Waals surface area contributed by atoms with Crippen LogP contribution < -0.4 is 22.2 Å². The summed E-state index contributed by atoms with van der Waals surface area (Å²) in [4.78, 5) is 50.7. The maximum Gasteiger partial charge on any atom is 0.365 e. The minimum atomic E-state index is -0.369. The Bertz CT molecular complexity index is 1050. The molecule has 0 fully saturated rings. The predicted molar refractivity (Wildman–Crippen MR) is 129 cm³/mol. The summed E-state index contributed by atoms with van der Waals surface area (Å²) in [6.45, 7) is 0.728. The van der Waals surface area contributed by atoms with E-state index in [1.807, 2.05) is 0 Å². The van der Waals surface area contributed by atoms with Gasteiger partial charge in [-0.1, -0.05) is 49.2 Å². The lowest BCUT2D eigenvalue weighted by molar-refractivity contribution is -0.118. The van der Waals surface area contributed by atoms with E-state index in [9.17, 15) is 19.2 Å². The van der Waals surface area contributed by atoms with Gasteiger partial charge in [0, 0.05) is 37.4 Å². The molecular weight excluding hydrogens is 480 g/mol. The van der Waals surface area contributed by atoms with Gasteiger partial charge in [0.1, 0.15) is 0 Å². The predicted octanol–water partition coefficient (Wildman–Crippen LogP) is 1.36. The summed E-state index contributed by atoms with van der Waals surface area (Å²) >= 11 is 2.70. The van der Waals surface area contributed by atoms with Crippen molar-refractivity contribution in [3.05, 3.63) is 21.0 Å². The second-order valence-corrected chi connectivity index (χ2v) is 10.5. The Morgan fingerprint density at radius 3 is 1.44 bits per heavy atom. The summed E-state index contributed by atoms with van der Waals surface area (Å²) in [6, 6.07) is 0. The van der Waals surface area contributed by atoms with Gasteiger partial charge < -0.3 is 0 Å². The molecule has 0 saturated carbocycles. The molecule has 2 N–H and O–H groups in total. The van der Waals surface area contributed by atoms with Crippen molar-refractivity contribution in [1.82, 2.24) is 28.9 Å². The average Bonchev–Trinajstić information content (AvgIpc) is 3.26. The molecule has 0 saturated heterocycles. The van der Waals surface area contributed by atoms with E-state index in [4.69, 9.17) is 0 Å². The number of carbonyl (C=O) groups is 2. The van der Waals surface area contributed by atoms with Crippen molar-refractivity contribution in [3.63, 3.8) is 0 Å². The molecule has 4 heterocycles. The highest BCUT2D eigenvalue weighted by Crippen LogP contribution is 2.20. The van der Waals surface area contributed by atoms with Gasteiger partial charge in [0.2, 0.25) is 22.1 Å². The van der Waals surface area contributed by atoms with Gasteiger partial charge in [0.05, 0.1) is 0 Å². The third-order valence-electron chi connectivity index (χ3n) is 5.69. The number of aryl methyl sites for hydroxylation is 2. The third-order valence-corrected chi connectivity index (χ3v) is 7.81. The number of carbonyl (C=O) groups excluding carboxylic acids is 2. The number of nitrogens with zero attached hydrogens (tertiary/aromatic N) is 6. The first kappa shape index (κ1) is 24.6. The van der Waals surface area contributed by atoms with E-state index in [0.717, 1.165) is 38.5 Å². The first-order chi connectivity index (χ1) is 16.5. The molecule has 2 aromatic heterocycles. The lowest BCUT2D eigenvalue weighted by Crippen LogP contribution is -2.35. The molecule has 0 aliphatic carbocycles. The van der Waals surface area contributed by atoms with Crippen molar-refractivity contribution in [1.29, 1.82) is 0 Å². The van der Waals surface area contributed by atoms with E-state index in [1.165, 1.54) is 42.2 Å². The largest absolute Gasteiger partial charge is 0.365 e. The van der Waals surface area contributed by atoms with Crippen LogP contribution in [-0.4, -0.2) is 52.2 Å². The first-order valence-electron chi connectivity index (χ1n) is 11.8. The zero-order valence-corrected chi connectivity index (χ0v) is 20.7. The number of aromatic nitrogens is 6. The molecule has 2 aromatic rings. The van der Waals surface area contributed by atoms with Crippen LogP contribution >= 0.6 is 23.5 Å². The van der Waals surface area contributed by atoms with Crippen LogP contribution in [0.3, 0.4) is 0 Å². The van der Waals surface area contributed by atoms with E-state index < -0.39 is 0 Å². The number of hydrogen-bond donors (Lipinski definition) is 2. The highest BCUT2D eigenvalue weighted by molar-refractivity contribution is 8.02. The van der Waals surface area contributed by atoms with Gasteiger partial charge in [-0.15, -0.1) is 10.2 Å². The van der Waals surface area contributed by atoms with E-state index in [2.05, 4.69) is 21.0 Å². The van der Waals surface area contributed by atoms with Crippen LogP contribution in [0.15, 0.2) is 19.9 Å². The van der Waals surface area contributed by atoms with Gasteiger partial charge in [0.25, 0.3) is 0 Å². The second kappa shape index (κ2) is 11.8. The summed E-state index contributed by atoms with van der Waals surface area (Å²) in [6.07, 6.45) is 7.14. The Hall–Kier alpha value is -2.48. The minimum Gasteiger partial charge on any atom is -0.273 e. The summed E-state index contributed by atoms with van der Waals surface area (Å²) in [5, 5.41) is 9.72. The molecule has 186 valence electrons. The molecule has 2 aliphatic heterocycles. The van der Waals surface area contributed by atoms with Gasteiger partial charge in [0.15, 0.2) is 0 Å². The SMILES string of the molecule is O=C1CCCCCCCCC(=O)Nn2c3nn(c2=O)CCCCn2nc(n(c2=O)N1)SCCS3. The Morgan fingerprint density at radius 1 is 0.588 bits per heavy atom. The fraction of sp³-hybridized carbons (Fsp3) is 0.700. The number of amides is 2. The van der Waals surface area contributed by atoms with Crippen LogP contribution in [-0.2, 0) is 22.7 Å². The van der Waals surface area contributed by atoms with Crippen LogP contribution in [0, 0.1) is 0 Å². The molecule has 0 atom stereocenters. The number of hydrogen-bond acceptors (Lipinski definition) is 8. The van der Waals surface area contributed by atoms with Gasteiger partial charge in [-0.2, -0.15) is 9.35 Å². The van der Waals surface area contributed by atoms with Crippen molar-refractivity contribution in [2.24, 2.45) is 0 Å². The molecule has 14 heteroatoms. The highest BCUT2D eigenvalue weighted by Gasteiger charge is 2.19. The standard InChI is InChI=1S/C20H30N8O4S2/c29-15-9-5-3-1-2-4-6-10-16(30)22-28-18-24-26(20(28)32)12-8-7-11-25-19(31)27(21-15)17(23-25)33-13-14-34-18/h1-14H2,(H,21,29)(H,22,30). The van der Waals surface area contributed by atoms with E-state index >= 15 is 0 Å². The monoisotopic (exact) mass is 510 g/mol. The number of fused-ring (bicyclic) bond motifs is 5. The number of rotatable bonds is 0. The molecule has 2 amide bonds. The topological polar surface area (TPSA) is 138 Å². The van der Waals surface area contributed by atoms with Crippen LogP contribution in [0.2, 0.25) is 0 Å². The molecule has 0 spiro atoms. The van der Waals surface area contributed by atoms with Crippen LogP contribution in [0.5, 0.6) is 0 Å². The number of nitrogens with one attached hydrogen (secondary N) is 2. The van der Waals surface area contributed by atoms with E-state index in [0.29, 0.717) is 60.6 Å². The van der Waals surface area contributed by atoms with Crippen molar-refractivity contribution < 1.29 is 9.59 Å². The highest BCUT2D eigenvalue weighted by atomic mass is 32.2. The molecule has 0 unspecified atom stereocenters. The normalized spacial score (nSPS) is 19.3. The zero-order chi connectivity index (χ0) is 23.9. The fourth-order valence-corrected chi connectivity index (χ4v) is 5.72. The number of thioether (sulfide) groups is 2. The van der Waals surface area contributed by atoms with Crippen molar-refractivity contribution in [3.8, 4) is 0 Å². The van der Waals surface area contributed by atoms with Crippen molar-refractivity contribution in [2.45, 2.75) is 87.6 Å². The maximum absolute atomic E-state index is 12.9. The quantitative estimate of drug-likeness (QED) is 0.542. The smallest absolute Gasteiger partial charge is 0.273 e. The second-order valence-electron chi connectivity index (χ2n) is 8.34. The van der Waals surface area contributed by atoms with E-state index in [1.54, 1.807) is 0 Å². The molecule has 4 rings (SSSR count). The van der Waals surface area contributed by atoms with Crippen LogP contribution in [0.4, 0.5) is 0 Å². The summed E-state index contributed by atoms with van der Waals surface area (Å²) in [7, 11) is 0. The summed E-state index contributed by atoms with van der Waals surface area (Å²) in [5.74, 6) is 0.726. The fourth-order valence-electron chi connectivity index (χ4n) is 3.87. The van der Waals surface area contributed by atoms with Gasteiger partial charge in [-0.05, 0) is 25.7 Å². The Labute approximate surface area is 204 Å². The third kappa shape index (κ3) is 6.14. The maximum atomic E-state index is 12.9. The Morgan fingerprint density at radius 2 is 1.00 bits per heavy atom. The minimum absolute atomic E-state index is 0.199. The van der Waals surface area contributed by atoms with Gasteiger partial charge in [-0.3, -0.25) is 20.4 Å². The molecular formula is C20H30N8O4S2. The van der Waals surface area contributed by atoms with Crippen molar-refractivity contribution >= 4 is 35.3 Å². The first-order valence-corrected chi connectivity index (χ1v) is 13.7. The lowest BCUT2D eigenvalue weighted by atomic mass is 10.1. The Balaban J connectivity index is 1.61. The molecule has 12 nitrogen and oxygen atoms in total. The van der Waals surface area contributed by atoms with Crippen LogP contribution in [0.1, 0.15) is 64.2 Å². The molecule has 4 bridgehead atoms.